The number of fused-ring (bicyclic) bond motifs is 14. The maximum Gasteiger partial charge on any atom is 0.122 e. The number of methoxy groups -OCH3 is 4. The van der Waals surface area contributed by atoms with Crippen LogP contribution in [-0.2, 0) is 12.8 Å². The fourth-order valence-corrected chi connectivity index (χ4v) is 7.69. The van der Waals surface area contributed by atoms with Crippen LogP contribution in [0, 0.1) is 0 Å². The Bertz CT molecular complexity index is 1380. The number of ether oxygens (including phenoxy) is 4. The van der Waals surface area contributed by atoms with Gasteiger partial charge in [0.2, 0.25) is 0 Å². The van der Waals surface area contributed by atoms with Crippen molar-refractivity contribution in [2.24, 2.45) is 0 Å². The van der Waals surface area contributed by atoms with Crippen LogP contribution in [0.25, 0.3) is 0 Å². The second-order valence-electron chi connectivity index (χ2n) is 12.2. The third-order valence-electron chi connectivity index (χ3n) is 10.1. The van der Waals surface area contributed by atoms with Crippen molar-refractivity contribution in [3.63, 3.8) is 0 Å². The summed E-state index contributed by atoms with van der Waals surface area (Å²) in [6, 6.07) is 27.1. The Balaban J connectivity index is 1.39. The van der Waals surface area contributed by atoms with Crippen LogP contribution >= 0.6 is 0 Å². The first-order valence-corrected chi connectivity index (χ1v) is 15.3. The molecule has 42 heavy (non-hydrogen) atoms. The van der Waals surface area contributed by atoms with Crippen LogP contribution in [0.3, 0.4) is 0 Å². The Labute approximate surface area is 249 Å². The standard InChI is InChI=1S/C38H40O4/c1-39-35-13-5-23-17-24-6-15-37(41-3)33(21-24)29-11-12-30(29)34-22-26(8-16-38(34)42-4)18-25-7-14-36(40-2)32(20-25)28-10-9-27(28)31(35)19-23/h5-8,13-16,19-22,27-30H,9-12,17-18H2,1-4H3/t27-,28+,29-,30+. The SMILES string of the molecule is COc1ccc2cc1[C@H]1CC[C@H]1c1cc(ccc1OC)Cc1ccc(OC)c(c1)[C@@H]1CC[C@@H]1c1cc(ccc1OC)C2. The van der Waals surface area contributed by atoms with E-state index < -0.39 is 0 Å². The molecule has 3 aliphatic carbocycles. The fraction of sp³-hybridized carbons (Fsp3) is 0.368. The molecule has 0 saturated heterocycles. The molecule has 4 atom stereocenters. The molecule has 0 aromatic heterocycles. The molecule has 0 heterocycles. The maximum atomic E-state index is 5.92. The van der Waals surface area contributed by atoms with E-state index in [-0.39, 0.29) is 0 Å². The molecule has 2 fully saturated rings. The second-order valence-corrected chi connectivity index (χ2v) is 12.2. The first-order valence-electron chi connectivity index (χ1n) is 15.3. The van der Waals surface area contributed by atoms with Gasteiger partial charge in [0.05, 0.1) is 28.4 Å². The molecular formula is C38H40O4. The molecule has 3 aliphatic rings. The van der Waals surface area contributed by atoms with E-state index in [0.29, 0.717) is 23.7 Å². The minimum atomic E-state index is 0.401. The van der Waals surface area contributed by atoms with Crippen molar-refractivity contribution in [3.05, 3.63) is 117 Å². The summed E-state index contributed by atoms with van der Waals surface area (Å²) in [5.41, 5.74) is 10.5. The van der Waals surface area contributed by atoms with Crippen molar-refractivity contribution in [2.45, 2.75) is 62.2 Å². The minimum absolute atomic E-state index is 0.401. The molecule has 8 bridgehead atoms. The van der Waals surface area contributed by atoms with E-state index in [4.69, 9.17) is 18.9 Å². The zero-order chi connectivity index (χ0) is 28.8. The average Bonchev–Trinajstić information content (AvgIpc) is 2.96. The predicted molar refractivity (Wildman–Crippen MR) is 167 cm³/mol. The first-order chi connectivity index (χ1) is 20.6. The summed E-state index contributed by atoms with van der Waals surface area (Å²) in [6.45, 7) is 0. The Morgan fingerprint density at radius 1 is 0.381 bits per heavy atom. The van der Waals surface area contributed by atoms with E-state index in [0.717, 1.165) is 61.5 Å². The van der Waals surface area contributed by atoms with Crippen LogP contribution in [0.5, 0.6) is 23.0 Å². The van der Waals surface area contributed by atoms with Crippen LogP contribution < -0.4 is 18.9 Å². The van der Waals surface area contributed by atoms with Gasteiger partial charge >= 0.3 is 0 Å². The Hall–Kier alpha value is -3.92. The number of rotatable bonds is 4. The molecule has 0 spiro atoms. The smallest absolute Gasteiger partial charge is 0.122 e. The van der Waals surface area contributed by atoms with E-state index in [1.165, 1.54) is 44.5 Å². The van der Waals surface area contributed by atoms with E-state index in [9.17, 15) is 0 Å². The Morgan fingerprint density at radius 2 is 0.619 bits per heavy atom. The molecule has 0 aliphatic heterocycles. The summed E-state index contributed by atoms with van der Waals surface area (Å²) >= 11 is 0. The molecule has 7 rings (SSSR count). The molecule has 0 radical (unpaired) electrons. The zero-order valence-corrected chi connectivity index (χ0v) is 25.1. The molecule has 0 N–H and O–H groups in total. The molecule has 0 unspecified atom stereocenters. The normalized spacial score (nSPS) is 22.2. The van der Waals surface area contributed by atoms with Gasteiger partial charge in [0.1, 0.15) is 23.0 Å². The van der Waals surface area contributed by atoms with Crippen molar-refractivity contribution in [1.29, 1.82) is 0 Å². The molecule has 0 amide bonds. The number of hydrogen-bond acceptors (Lipinski definition) is 4. The highest BCUT2D eigenvalue weighted by molar-refractivity contribution is 5.52. The summed E-state index contributed by atoms with van der Waals surface area (Å²) in [4.78, 5) is 0. The largest absolute Gasteiger partial charge is 0.496 e. The van der Waals surface area contributed by atoms with Crippen LogP contribution in [0.1, 0.15) is 93.9 Å². The lowest BCUT2D eigenvalue weighted by Gasteiger charge is -2.39. The van der Waals surface area contributed by atoms with Gasteiger partial charge in [-0.05, 0) is 131 Å². The van der Waals surface area contributed by atoms with Gasteiger partial charge in [-0.15, -0.1) is 0 Å². The van der Waals surface area contributed by atoms with E-state index in [1.807, 2.05) is 0 Å². The van der Waals surface area contributed by atoms with Crippen molar-refractivity contribution in [1.82, 2.24) is 0 Å². The van der Waals surface area contributed by atoms with Crippen LogP contribution in [-0.4, -0.2) is 28.4 Å². The summed E-state index contributed by atoms with van der Waals surface area (Å²) in [7, 11) is 7.17. The maximum absolute atomic E-state index is 5.92. The van der Waals surface area contributed by atoms with E-state index in [2.05, 4.69) is 72.8 Å². The first kappa shape index (κ1) is 26.9. The van der Waals surface area contributed by atoms with Gasteiger partial charge < -0.3 is 18.9 Å². The van der Waals surface area contributed by atoms with Crippen molar-refractivity contribution >= 4 is 0 Å². The third kappa shape index (κ3) is 4.62. The Morgan fingerprint density at radius 3 is 0.810 bits per heavy atom. The van der Waals surface area contributed by atoms with Gasteiger partial charge in [-0.1, -0.05) is 48.5 Å². The van der Waals surface area contributed by atoms with Gasteiger partial charge in [0, 0.05) is 0 Å². The molecule has 4 nitrogen and oxygen atoms in total. The van der Waals surface area contributed by atoms with Gasteiger partial charge in [0.15, 0.2) is 0 Å². The topological polar surface area (TPSA) is 36.9 Å². The molecule has 216 valence electrons. The highest BCUT2D eigenvalue weighted by Crippen LogP contribution is 2.55. The fourth-order valence-electron chi connectivity index (χ4n) is 7.69. The zero-order valence-electron chi connectivity index (χ0n) is 25.1. The van der Waals surface area contributed by atoms with Crippen molar-refractivity contribution < 1.29 is 18.9 Å². The summed E-state index contributed by atoms with van der Waals surface area (Å²) in [6.07, 6.45) is 6.34. The monoisotopic (exact) mass is 560 g/mol. The summed E-state index contributed by atoms with van der Waals surface area (Å²) in [5.74, 6) is 5.53. The third-order valence-corrected chi connectivity index (χ3v) is 10.1. The van der Waals surface area contributed by atoms with Gasteiger partial charge in [0.25, 0.3) is 0 Å². The van der Waals surface area contributed by atoms with E-state index >= 15 is 0 Å². The lowest BCUT2D eigenvalue weighted by atomic mass is 9.65. The van der Waals surface area contributed by atoms with Crippen molar-refractivity contribution in [3.8, 4) is 23.0 Å². The molecule has 4 aromatic carbocycles. The number of benzene rings is 4. The quantitative estimate of drug-likeness (QED) is 0.251. The Kier molecular flexibility index (Phi) is 7.09. The van der Waals surface area contributed by atoms with Crippen LogP contribution in [0.4, 0.5) is 0 Å². The van der Waals surface area contributed by atoms with Crippen LogP contribution in [0.2, 0.25) is 0 Å². The molecular weight excluding hydrogens is 520 g/mol. The van der Waals surface area contributed by atoms with Crippen molar-refractivity contribution in [2.75, 3.05) is 28.4 Å². The minimum Gasteiger partial charge on any atom is -0.496 e. The lowest BCUT2D eigenvalue weighted by Crippen LogP contribution is -2.24. The van der Waals surface area contributed by atoms with Gasteiger partial charge in [-0.25, -0.2) is 0 Å². The van der Waals surface area contributed by atoms with E-state index in [1.54, 1.807) is 28.4 Å². The molecule has 4 heteroatoms. The van der Waals surface area contributed by atoms with Gasteiger partial charge in [-0.2, -0.15) is 0 Å². The lowest BCUT2D eigenvalue weighted by molar-refractivity contribution is 0.315. The average molecular weight is 561 g/mol. The highest BCUT2D eigenvalue weighted by atomic mass is 16.5. The highest BCUT2D eigenvalue weighted by Gasteiger charge is 2.38. The molecule has 4 aromatic rings. The predicted octanol–water partition coefficient (Wildman–Crippen LogP) is 8.54. The second kappa shape index (κ2) is 11.1. The molecule has 2 saturated carbocycles. The van der Waals surface area contributed by atoms with Gasteiger partial charge in [-0.3, -0.25) is 0 Å². The summed E-state index contributed by atoms with van der Waals surface area (Å²) in [5, 5.41) is 0. The van der Waals surface area contributed by atoms with Crippen LogP contribution in [0.15, 0.2) is 72.8 Å². The summed E-state index contributed by atoms with van der Waals surface area (Å²) < 4.78 is 23.7. The number of hydrogen-bond donors (Lipinski definition) is 0.